The molecule has 0 aliphatic heterocycles. The molecule has 0 spiro atoms. The zero-order chi connectivity index (χ0) is 14.6. The van der Waals surface area contributed by atoms with Crippen molar-refractivity contribution in [3.63, 3.8) is 0 Å². The number of benzene rings is 2. The fourth-order valence-corrected chi connectivity index (χ4v) is 2.57. The Morgan fingerprint density at radius 2 is 1.75 bits per heavy atom. The van der Waals surface area contributed by atoms with Crippen molar-refractivity contribution in [1.82, 2.24) is 5.32 Å². The summed E-state index contributed by atoms with van der Waals surface area (Å²) in [6.07, 6.45) is 1.71. The van der Waals surface area contributed by atoms with Crippen LogP contribution in [-0.4, -0.2) is 22.4 Å². The summed E-state index contributed by atoms with van der Waals surface area (Å²) in [5.74, 6) is 0.301. The third kappa shape index (κ3) is 2.79. The fourth-order valence-electron chi connectivity index (χ4n) is 2.57. The van der Waals surface area contributed by atoms with Crippen molar-refractivity contribution in [3.8, 4) is 5.75 Å². The minimum absolute atomic E-state index is 0.103. The quantitative estimate of drug-likeness (QED) is 0.757. The number of nitrogens with one attached hydrogen (secondary N) is 1. The summed E-state index contributed by atoms with van der Waals surface area (Å²) < 4.78 is 0. The van der Waals surface area contributed by atoms with Crippen molar-refractivity contribution in [3.05, 3.63) is 42.0 Å². The Morgan fingerprint density at radius 1 is 1.05 bits per heavy atom. The van der Waals surface area contributed by atoms with E-state index in [9.17, 15) is 10.2 Å². The molecule has 0 unspecified atom stereocenters. The van der Waals surface area contributed by atoms with Crippen LogP contribution in [0.1, 0.15) is 32.3 Å². The van der Waals surface area contributed by atoms with Gasteiger partial charge in [0.25, 0.3) is 0 Å². The van der Waals surface area contributed by atoms with Crippen molar-refractivity contribution in [2.75, 3.05) is 6.61 Å². The van der Waals surface area contributed by atoms with Gasteiger partial charge in [0, 0.05) is 17.6 Å². The van der Waals surface area contributed by atoms with E-state index in [1.807, 2.05) is 30.3 Å². The summed E-state index contributed by atoms with van der Waals surface area (Å²) >= 11 is 0. The molecule has 0 saturated heterocycles. The number of hydrogen-bond acceptors (Lipinski definition) is 3. The number of hydrogen-bond donors (Lipinski definition) is 3. The Bertz CT molecular complexity index is 568. The molecule has 0 saturated carbocycles. The average molecular weight is 273 g/mol. The van der Waals surface area contributed by atoms with Crippen LogP contribution in [0.15, 0.2) is 36.4 Å². The van der Waals surface area contributed by atoms with Crippen LogP contribution in [0.25, 0.3) is 10.8 Å². The molecule has 3 nitrogen and oxygen atoms in total. The molecular weight excluding hydrogens is 250 g/mol. The standard InChI is InChI=1S/C17H23NO2/c1-3-17(4-2,12-19)18-11-15-14-8-6-5-7-13(14)9-10-16(15)20/h5-10,18-20H,3-4,11-12H2,1-2H3. The van der Waals surface area contributed by atoms with Crippen molar-refractivity contribution in [1.29, 1.82) is 0 Å². The first-order valence-electron chi connectivity index (χ1n) is 7.21. The van der Waals surface area contributed by atoms with Gasteiger partial charge in [0.15, 0.2) is 0 Å². The van der Waals surface area contributed by atoms with Crippen LogP contribution in [0.2, 0.25) is 0 Å². The number of phenolic OH excluding ortho intramolecular Hbond substituents is 1. The van der Waals surface area contributed by atoms with E-state index in [1.54, 1.807) is 6.07 Å². The highest BCUT2D eigenvalue weighted by atomic mass is 16.3. The lowest BCUT2D eigenvalue weighted by molar-refractivity contribution is 0.149. The molecule has 0 heterocycles. The van der Waals surface area contributed by atoms with Gasteiger partial charge in [-0.05, 0) is 29.7 Å². The Labute approximate surface area is 120 Å². The van der Waals surface area contributed by atoms with Gasteiger partial charge >= 0.3 is 0 Å². The maximum Gasteiger partial charge on any atom is 0.120 e. The second kappa shape index (κ2) is 6.25. The second-order valence-corrected chi connectivity index (χ2v) is 5.28. The van der Waals surface area contributed by atoms with Crippen LogP contribution in [0.3, 0.4) is 0 Å². The van der Waals surface area contributed by atoms with Gasteiger partial charge in [-0.3, -0.25) is 0 Å². The Kier molecular flexibility index (Phi) is 4.63. The first-order chi connectivity index (χ1) is 9.65. The van der Waals surface area contributed by atoms with Gasteiger partial charge in [0.05, 0.1) is 6.61 Å². The maximum atomic E-state index is 10.1. The molecule has 0 atom stereocenters. The normalized spacial score (nSPS) is 11.9. The molecule has 2 rings (SSSR count). The van der Waals surface area contributed by atoms with Crippen molar-refractivity contribution < 1.29 is 10.2 Å². The van der Waals surface area contributed by atoms with Crippen LogP contribution < -0.4 is 5.32 Å². The van der Waals surface area contributed by atoms with E-state index in [4.69, 9.17) is 0 Å². The van der Waals surface area contributed by atoms with Crippen molar-refractivity contribution in [2.24, 2.45) is 0 Å². The molecule has 3 N–H and O–H groups in total. The number of aromatic hydroxyl groups is 1. The molecule has 20 heavy (non-hydrogen) atoms. The van der Waals surface area contributed by atoms with Crippen LogP contribution in [0, 0.1) is 0 Å². The summed E-state index contributed by atoms with van der Waals surface area (Å²) in [6.45, 7) is 4.78. The third-order valence-corrected chi connectivity index (χ3v) is 4.31. The minimum Gasteiger partial charge on any atom is -0.508 e. The van der Waals surface area contributed by atoms with Crippen LogP contribution in [0.4, 0.5) is 0 Å². The van der Waals surface area contributed by atoms with E-state index in [2.05, 4.69) is 19.2 Å². The molecule has 0 aliphatic carbocycles. The summed E-state index contributed by atoms with van der Waals surface area (Å²) in [5, 5.41) is 25.3. The van der Waals surface area contributed by atoms with E-state index in [0.717, 1.165) is 29.2 Å². The Hall–Kier alpha value is -1.58. The molecular formula is C17H23NO2. The lowest BCUT2D eigenvalue weighted by atomic mass is 9.93. The van der Waals surface area contributed by atoms with Crippen molar-refractivity contribution >= 4 is 10.8 Å². The lowest BCUT2D eigenvalue weighted by Crippen LogP contribution is -2.47. The highest BCUT2D eigenvalue weighted by molar-refractivity contribution is 5.87. The summed E-state index contributed by atoms with van der Waals surface area (Å²) in [4.78, 5) is 0. The molecule has 0 amide bonds. The second-order valence-electron chi connectivity index (χ2n) is 5.28. The largest absolute Gasteiger partial charge is 0.508 e. The molecule has 108 valence electrons. The molecule has 0 aromatic heterocycles. The number of phenols is 1. The summed E-state index contributed by atoms with van der Waals surface area (Å²) in [7, 11) is 0. The van der Waals surface area contributed by atoms with E-state index in [1.165, 1.54) is 0 Å². The first kappa shape index (κ1) is 14.8. The predicted molar refractivity (Wildman–Crippen MR) is 82.9 cm³/mol. The van der Waals surface area contributed by atoms with Crippen molar-refractivity contribution in [2.45, 2.75) is 38.8 Å². The van der Waals surface area contributed by atoms with Gasteiger partial charge < -0.3 is 15.5 Å². The van der Waals surface area contributed by atoms with Crippen LogP contribution in [-0.2, 0) is 6.54 Å². The summed E-state index contributed by atoms with van der Waals surface area (Å²) in [5.41, 5.74) is 0.617. The number of aliphatic hydroxyl groups is 1. The predicted octanol–water partition coefficient (Wildman–Crippen LogP) is 3.19. The molecule has 3 heteroatoms. The highest BCUT2D eigenvalue weighted by Crippen LogP contribution is 2.28. The molecule has 0 fully saturated rings. The molecule has 0 aliphatic rings. The van der Waals surface area contributed by atoms with Gasteiger partial charge in [0.1, 0.15) is 5.75 Å². The zero-order valence-electron chi connectivity index (χ0n) is 12.2. The van der Waals surface area contributed by atoms with E-state index < -0.39 is 0 Å². The van der Waals surface area contributed by atoms with Gasteiger partial charge in [-0.1, -0.05) is 44.2 Å². The number of fused-ring (bicyclic) bond motifs is 1. The van der Waals surface area contributed by atoms with E-state index >= 15 is 0 Å². The highest BCUT2D eigenvalue weighted by Gasteiger charge is 2.24. The molecule has 0 bridgehead atoms. The molecule has 2 aromatic rings. The monoisotopic (exact) mass is 273 g/mol. The van der Waals surface area contributed by atoms with E-state index in [0.29, 0.717) is 12.3 Å². The average Bonchev–Trinajstić information content (AvgIpc) is 2.51. The van der Waals surface area contributed by atoms with Crippen LogP contribution >= 0.6 is 0 Å². The Morgan fingerprint density at radius 3 is 2.40 bits per heavy atom. The van der Waals surface area contributed by atoms with Gasteiger partial charge in [-0.2, -0.15) is 0 Å². The fraction of sp³-hybridized carbons (Fsp3) is 0.412. The summed E-state index contributed by atoms with van der Waals surface area (Å²) in [6, 6.07) is 11.7. The smallest absolute Gasteiger partial charge is 0.120 e. The SMILES string of the molecule is CCC(CC)(CO)NCc1c(O)ccc2ccccc12. The topological polar surface area (TPSA) is 52.5 Å². The molecule has 0 radical (unpaired) electrons. The first-order valence-corrected chi connectivity index (χ1v) is 7.21. The lowest BCUT2D eigenvalue weighted by Gasteiger charge is -2.31. The van der Waals surface area contributed by atoms with Crippen LogP contribution in [0.5, 0.6) is 5.75 Å². The maximum absolute atomic E-state index is 10.1. The number of rotatable bonds is 6. The molecule has 2 aromatic carbocycles. The zero-order valence-corrected chi connectivity index (χ0v) is 12.2. The van der Waals surface area contributed by atoms with Gasteiger partial charge in [-0.15, -0.1) is 0 Å². The van der Waals surface area contributed by atoms with E-state index in [-0.39, 0.29) is 12.1 Å². The van der Waals surface area contributed by atoms with Gasteiger partial charge in [0.2, 0.25) is 0 Å². The third-order valence-electron chi connectivity index (χ3n) is 4.31. The number of aliphatic hydroxyl groups excluding tert-OH is 1. The minimum atomic E-state index is -0.274. The van der Waals surface area contributed by atoms with Gasteiger partial charge in [-0.25, -0.2) is 0 Å². The Balaban J connectivity index is 2.32.